The molecule has 0 radical (unpaired) electrons. The maximum atomic E-state index is 5.38. The van der Waals surface area contributed by atoms with Gasteiger partial charge in [0, 0.05) is 56.3 Å². The van der Waals surface area contributed by atoms with E-state index in [1.165, 1.54) is 16.2 Å². The molecule has 0 amide bonds. The third-order valence-corrected chi connectivity index (χ3v) is 11.5. The molecule has 7 heteroatoms. The molecule has 1 N–H and O–H groups in total. The highest BCUT2D eigenvalue weighted by molar-refractivity contribution is 6.24. The van der Waals surface area contributed by atoms with Gasteiger partial charge in [0.1, 0.15) is 12.0 Å². The van der Waals surface area contributed by atoms with E-state index in [4.69, 9.17) is 15.0 Å². The maximum Gasteiger partial charge on any atom is 0.165 e. The van der Waals surface area contributed by atoms with Gasteiger partial charge >= 0.3 is 0 Å². The Morgan fingerprint density at radius 1 is 0.596 bits per heavy atom. The predicted molar refractivity (Wildman–Crippen MR) is 235 cm³/mol. The van der Waals surface area contributed by atoms with Crippen LogP contribution in [0.5, 0.6) is 0 Å². The number of nitrogens with one attached hydrogen (secondary N) is 1. The second-order valence-corrected chi connectivity index (χ2v) is 14.9. The number of hydrogen-bond donors (Lipinski definition) is 1. The first-order valence-corrected chi connectivity index (χ1v) is 19.6. The van der Waals surface area contributed by atoms with E-state index < -0.39 is 0 Å². The summed E-state index contributed by atoms with van der Waals surface area (Å²) in [6, 6.07) is 56.2. The number of aliphatic imine (C=N–C) groups is 2. The Balaban J connectivity index is 1.25. The van der Waals surface area contributed by atoms with Gasteiger partial charge in [0.15, 0.2) is 6.29 Å². The highest BCUT2D eigenvalue weighted by atomic mass is 15.5. The van der Waals surface area contributed by atoms with E-state index in [0.717, 1.165) is 85.5 Å². The normalized spacial score (nSPS) is 17.3. The van der Waals surface area contributed by atoms with Gasteiger partial charge in [0.05, 0.1) is 33.5 Å². The molecular weight excluding hydrogens is 699 g/mol. The first-order chi connectivity index (χ1) is 28.2. The van der Waals surface area contributed by atoms with Gasteiger partial charge in [-0.3, -0.25) is 9.98 Å². The number of benzene rings is 6. The van der Waals surface area contributed by atoms with Crippen molar-refractivity contribution in [3.8, 4) is 16.9 Å². The minimum atomic E-state index is -0.311. The lowest BCUT2D eigenvalue weighted by molar-refractivity contribution is 0.104. The molecule has 5 heterocycles. The van der Waals surface area contributed by atoms with E-state index in [9.17, 15) is 0 Å². The summed E-state index contributed by atoms with van der Waals surface area (Å²) in [5.41, 5.74) is 12.0. The number of rotatable bonds is 6. The predicted octanol–water partition coefficient (Wildman–Crippen LogP) is 11.3. The summed E-state index contributed by atoms with van der Waals surface area (Å²) in [6.07, 6.45) is 7.60. The molecule has 2 aliphatic heterocycles. The Morgan fingerprint density at radius 3 is 2.04 bits per heavy atom. The van der Waals surface area contributed by atoms with Gasteiger partial charge in [-0.25, -0.2) is 9.89 Å². The molecule has 0 bridgehead atoms. The average Bonchev–Trinajstić information content (AvgIpc) is 3.80. The van der Waals surface area contributed by atoms with Gasteiger partial charge in [-0.2, -0.15) is 0 Å². The molecule has 3 aromatic heterocycles. The summed E-state index contributed by atoms with van der Waals surface area (Å²) >= 11 is 0. The van der Waals surface area contributed by atoms with Gasteiger partial charge in [0.25, 0.3) is 0 Å². The Labute approximate surface area is 330 Å². The fourth-order valence-electron chi connectivity index (χ4n) is 8.83. The van der Waals surface area contributed by atoms with E-state index in [1.54, 1.807) is 0 Å². The summed E-state index contributed by atoms with van der Waals surface area (Å²) in [7, 11) is 2.18. The van der Waals surface area contributed by atoms with Crippen molar-refractivity contribution in [1.82, 2.24) is 24.3 Å². The van der Waals surface area contributed by atoms with Crippen LogP contribution >= 0.6 is 0 Å². The molecule has 7 nitrogen and oxygen atoms in total. The Morgan fingerprint density at radius 2 is 1.28 bits per heavy atom. The molecule has 9 aromatic rings. The number of hydrogen-bond acceptors (Lipinski definition) is 5. The number of amidine groups is 1. The number of allylic oxidation sites excluding steroid dienone is 1. The molecule has 6 aromatic carbocycles. The number of nitrogens with zero attached hydrogens (tertiary/aromatic N) is 6. The lowest BCUT2D eigenvalue weighted by atomic mass is 10.0. The van der Waals surface area contributed by atoms with E-state index in [-0.39, 0.29) is 12.5 Å². The quantitative estimate of drug-likeness (QED) is 0.185. The van der Waals surface area contributed by atoms with Crippen molar-refractivity contribution in [2.75, 3.05) is 7.05 Å². The molecule has 11 rings (SSSR count). The van der Waals surface area contributed by atoms with Gasteiger partial charge in [-0.1, -0.05) is 115 Å². The Kier molecular flexibility index (Phi) is 7.93. The smallest absolute Gasteiger partial charge is 0.165 e. The fourth-order valence-corrected chi connectivity index (χ4v) is 8.83. The third-order valence-electron chi connectivity index (χ3n) is 11.5. The zero-order valence-electron chi connectivity index (χ0n) is 31.5. The lowest BCUT2D eigenvalue weighted by Crippen LogP contribution is -2.48. The number of para-hydroxylation sites is 1. The van der Waals surface area contributed by atoms with Crippen LogP contribution in [0.25, 0.3) is 66.3 Å². The zero-order chi connectivity index (χ0) is 37.9. The van der Waals surface area contributed by atoms with Crippen molar-refractivity contribution in [3.63, 3.8) is 0 Å². The van der Waals surface area contributed by atoms with E-state index in [0.29, 0.717) is 0 Å². The van der Waals surface area contributed by atoms with Crippen LogP contribution in [0.1, 0.15) is 42.0 Å². The van der Waals surface area contributed by atoms with E-state index in [2.05, 4.69) is 184 Å². The molecule has 0 aliphatic carbocycles. The summed E-state index contributed by atoms with van der Waals surface area (Å²) in [4.78, 5) is 17.3. The van der Waals surface area contributed by atoms with Crippen molar-refractivity contribution >= 4 is 61.4 Å². The highest BCUT2D eigenvalue weighted by Gasteiger charge is 2.34. The SMILES string of the molecule is CN1C(c2ccccc2)N=C(c2ccccc2)NC1n1c2ccc(-c3ccccn3)cc2c2ccc3c4cc(C5=CCCC=N5)ccc4n(-c4ccccc4)c3c21. The molecular formula is C50H39N7. The van der Waals surface area contributed by atoms with Crippen LogP contribution in [-0.2, 0) is 0 Å². The summed E-state index contributed by atoms with van der Waals surface area (Å²) in [6.45, 7) is 0. The second-order valence-electron chi connectivity index (χ2n) is 14.9. The van der Waals surface area contributed by atoms with Crippen LogP contribution in [-0.4, -0.2) is 38.1 Å². The second kappa shape index (κ2) is 13.6. The first-order valence-electron chi connectivity index (χ1n) is 19.6. The minimum Gasteiger partial charge on any atom is -0.337 e. The number of pyridine rings is 1. The largest absolute Gasteiger partial charge is 0.337 e. The van der Waals surface area contributed by atoms with Crippen LogP contribution in [0.2, 0.25) is 0 Å². The average molecular weight is 738 g/mol. The Bertz CT molecular complexity index is 3050. The molecule has 2 unspecified atom stereocenters. The summed E-state index contributed by atoms with van der Waals surface area (Å²) in [5, 5.41) is 8.67. The van der Waals surface area contributed by atoms with Crippen molar-refractivity contribution < 1.29 is 0 Å². The van der Waals surface area contributed by atoms with Crippen molar-refractivity contribution in [2.24, 2.45) is 9.98 Å². The third kappa shape index (κ3) is 5.50. The fraction of sp³-hybridized carbons (Fsp3) is 0.100. The van der Waals surface area contributed by atoms with Crippen LogP contribution in [0.15, 0.2) is 180 Å². The van der Waals surface area contributed by atoms with Crippen LogP contribution in [0.3, 0.4) is 0 Å². The molecule has 2 aliphatic rings. The monoisotopic (exact) mass is 737 g/mol. The number of aromatic nitrogens is 3. The van der Waals surface area contributed by atoms with Crippen molar-refractivity contribution in [2.45, 2.75) is 25.3 Å². The first kappa shape index (κ1) is 33.3. The van der Waals surface area contributed by atoms with Gasteiger partial charge in [0.2, 0.25) is 0 Å². The van der Waals surface area contributed by atoms with Gasteiger partial charge < -0.3 is 14.5 Å². The lowest BCUT2D eigenvalue weighted by Gasteiger charge is -2.40. The molecule has 0 fully saturated rings. The van der Waals surface area contributed by atoms with E-state index in [1.807, 2.05) is 18.5 Å². The molecule has 2 atom stereocenters. The zero-order valence-corrected chi connectivity index (χ0v) is 31.5. The summed E-state index contributed by atoms with van der Waals surface area (Å²) < 4.78 is 4.96. The van der Waals surface area contributed by atoms with Gasteiger partial charge in [-0.05, 0) is 74.0 Å². The topological polar surface area (TPSA) is 62.7 Å². The van der Waals surface area contributed by atoms with Crippen LogP contribution in [0.4, 0.5) is 0 Å². The molecule has 57 heavy (non-hydrogen) atoms. The summed E-state index contributed by atoms with van der Waals surface area (Å²) in [5.74, 6) is 0.856. The molecule has 274 valence electrons. The standard InChI is InChI=1S/C50H39N7/c1-55-49(34-17-7-3-8-18-34)53-48(33-15-5-2-6-16-33)54-50(55)57-45-28-24-36(43-22-12-14-30-52-43)32-41(45)39-26-25-38-40-31-35(42-21-11-13-29-51-42)23-27-44(40)56(46(38)47(39)57)37-19-9-4-10-20-37/h2-10,12,14-32,49-50H,11,13H2,1H3,(H,53,54). The van der Waals surface area contributed by atoms with Crippen LogP contribution < -0.4 is 5.32 Å². The molecule has 0 saturated heterocycles. The molecule has 0 saturated carbocycles. The van der Waals surface area contributed by atoms with E-state index >= 15 is 0 Å². The highest BCUT2D eigenvalue weighted by Crippen LogP contribution is 2.44. The van der Waals surface area contributed by atoms with Gasteiger partial charge in [-0.15, -0.1) is 0 Å². The van der Waals surface area contributed by atoms with Crippen molar-refractivity contribution in [3.05, 3.63) is 187 Å². The Hall–Kier alpha value is -7.09. The maximum absolute atomic E-state index is 5.38. The molecule has 0 spiro atoms. The van der Waals surface area contributed by atoms with Crippen LogP contribution in [0, 0.1) is 0 Å². The van der Waals surface area contributed by atoms with Crippen molar-refractivity contribution in [1.29, 1.82) is 0 Å². The number of fused-ring (bicyclic) bond motifs is 7. The minimum absolute atomic E-state index is 0.237.